The van der Waals surface area contributed by atoms with Gasteiger partial charge in [-0.1, -0.05) is 24.0 Å². The van der Waals surface area contributed by atoms with Crippen molar-refractivity contribution in [2.45, 2.75) is 0 Å². The molecule has 144 valence electrons. The molecule has 0 aromatic carbocycles. The van der Waals surface area contributed by atoms with Gasteiger partial charge in [0.05, 0.1) is 11.1 Å². The van der Waals surface area contributed by atoms with Crippen LogP contribution in [0.15, 0.2) is 78.2 Å². The molecule has 7 heteroatoms. The molecular weight excluding hydrogens is 438 g/mol. The predicted molar refractivity (Wildman–Crippen MR) is 112 cm³/mol. The van der Waals surface area contributed by atoms with Crippen molar-refractivity contribution >= 4 is 15.9 Å². The van der Waals surface area contributed by atoms with E-state index in [9.17, 15) is 8.78 Å². The fourth-order valence-electron chi connectivity index (χ4n) is 1.81. The van der Waals surface area contributed by atoms with Crippen LogP contribution in [0.3, 0.4) is 0 Å². The second kappa shape index (κ2) is 11.9. The molecule has 2 N–H and O–H groups in total. The third-order valence-electron chi connectivity index (χ3n) is 3.16. The highest BCUT2D eigenvalue weighted by Crippen LogP contribution is 2.03. The van der Waals surface area contributed by atoms with Gasteiger partial charge in [0.15, 0.2) is 11.6 Å². The summed E-state index contributed by atoms with van der Waals surface area (Å²) in [6.07, 6.45) is 13.7. The van der Waals surface area contributed by atoms with Crippen molar-refractivity contribution in [2.75, 3.05) is 0 Å². The Morgan fingerprint density at radius 2 is 1.41 bits per heavy atom. The molecule has 0 fully saturated rings. The highest BCUT2D eigenvalue weighted by Gasteiger charge is 1.97. The summed E-state index contributed by atoms with van der Waals surface area (Å²) in [5.74, 6) is 6.92. The molecule has 0 atom stereocenters. The van der Waals surface area contributed by atoms with E-state index in [0.29, 0.717) is 11.3 Å². The number of terminal acetylenes is 1. The van der Waals surface area contributed by atoms with E-state index < -0.39 is 0 Å². The minimum atomic E-state index is -0.368. The van der Waals surface area contributed by atoms with Crippen molar-refractivity contribution in [3.05, 3.63) is 107 Å². The first-order valence-corrected chi connectivity index (χ1v) is 9.00. The Morgan fingerprint density at radius 1 is 0.793 bits per heavy atom. The van der Waals surface area contributed by atoms with Crippen molar-refractivity contribution in [1.82, 2.24) is 19.9 Å². The fraction of sp³-hybridized carbons (Fsp3) is 0. The Kier molecular flexibility index (Phi) is 8.88. The summed E-state index contributed by atoms with van der Waals surface area (Å²) < 4.78 is 26.0. The summed E-state index contributed by atoms with van der Waals surface area (Å²) in [5.41, 5.74) is 1.27. The number of aromatic amines is 2. The lowest BCUT2D eigenvalue weighted by atomic mass is 10.3. The molecule has 0 amide bonds. The van der Waals surface area contributed by atoms with E-state index in [0.717, 1.165) is 4.60 Å². The van der Waals surface area contributed by atoms with Crippen LogP contribution in [0.1, 0.15) is 16.8 Å². The van der Waals surface area contributed by atoms with Gasteiger partial charge in [-0.2, -0.15) is 0 Å². The average Bonchev–Trinajstić information content (AvgIpc) is 3.36. The van der Waals surface area contributed by atoms with E-state index in [2.05, 4.69) is 53.6 Å². The number of pyridine rings is 2. The molecule has 0 saturated heterocycles. The van der Waals surface area contributed by atoms with Crippen LogP contribution in [0.25, 0.3) is 0 Å². The van der Waals surface area contributed by atoms with E-state index in [1.807, 2.05) is 30.3 Å². The van der Waals surface area contributed by atoms with Crippen molar-refractivity contribution in [2.24, 2.45) is 0 Å². The summed E-state index contributed by atoms with van der Waals surface area (Å²) in [6, 6.07) is 11.1. The summed E-state index contributed by atoms with van der Waals surface area (Å²) in [6.45, 7) is 0. The minimum absolute atomic E-state index is 0.282. The Labute approximate surface area is 175 Å². The number of hydrogen-bond acceptors (Lipinski definition) is 2. The van der Waals surface area contributed by atoms with Crippen LogP contribution in [-0.2, 0) is 0 Å². The lowest BCUT2D eigenvalue weighted by Gasteiger charge is -1.85. The van der Waals surface area contributed by atoms with Crippen molar-refractivity contribution < 1.29 is 8.78 Å². The first-order chi connectivity index (χ1) is 14.1. The monoisotopic (exact) mass is 452 g/mol. The Morgan fingerprint density at radius 3 is 1.79 bits per heavy atom. The topological polar surface area (TPSA) is 57.4 Å². The lowest BCUT2D eigenvalue weighted by Crippen LogP contribution is -1.79. The molecule has 29 heavy (non-hydrogen) atoms. The molecule has 4 aromatic rings. The molecule has 0 aliphatic rings. The SMILES string of the molecule is Brc1ccccn1.C#Cc1c[nH]cc1F.Fc1c[nH]cc1C#Cc1ccccn1. The maximum Gasteiger partial charge on any atom is 0.156 e. The quantitative estimate of drug-likeness (QED) is 0.293. The van der Waals surface area contributed by atoms with E-state index >= 15 is 0 Å². The molecule has 0 unspecified atom stereocenters. The van der Waals surface area contributed by atoms with Gasteiger partial charge in [0, 0.05) is 37.2 Å². The van der Waals surface area contributed by atoms with Gasteiger partial charge in [0.25, 0.3) is 0 Å². The van der Waals surface area contributed by atoms with Gasteiger partial charge in [0.2, 0.25) is 0 Å². The summed E-state index contributed by atoms with van der Waals surface area (Å²) in [4.78, 5) is 13.1. The Balaban J connectivity index is 0.000000170. The maximum absolute atomic E-state index is 12.9. The number of rotatable bonds is 0. The van der Waals surface area contributed by atoms with E-state index in [4.69, 9.17) is 6.42 Å². The smallest absolute Gasteiger partial charge is 0.156 e. The van der Waals surface area contributed by atoms with Gasteiger partial charge < -0.3 is 9.97 Å². The molecular formula is C22H15BrF2N4. The minimum Gasteiger partial charge on any atom is -0.364 e. The largest absolute Gasteiger partial charge is 0.364 e. The molecule has 0 saturated carbocycles. The molecule has 4 rings (SSSR count). The number of nitrogens with one attached hydrogen (secondary N) is 2. The summed E-state index contributed by atoms with van der Waals surface area (Å²) >= 11 is 3.20. The van der Waals surface area contributed by atoms with Gasteiger partial charge in [-0.15, -0.1) is 6.42 Å². The van der Waals surface area contributed by atoms with E-state index in [1.165, 1.54) is 24.8 Å². The first kappa shape index (κ1) is 21.6. The third kappa shape index (κ3) is 7.84. The molecule has 0 bridgehead atoms. The van der Waals surface area contributed by atoms with E-state index in [1.54, 1.807) is 18.5 Å². The van der Waals surface area contributed by atoms with Crippen LogP contribution in [0.4, 0.5) is 8.78 Å². The van der Waals surface area contributed by atoms with Crippen LogP contribution >= 0.6 is 15.9 Å². The van der Waals surface area contributed by atoms with Gasteiger partial charge in [-0.05, 0) is 46.1 Å². The highest BCUT2D eigenvalue weighted by molar-refractivity contribution is 9.10. The zero-order valence-electron chi connectivity index (χ0n) is 15.0. The second-order valence-corrected chi connectivity index (χ2v) is 6.01. The van der Waals surface area contributed by atoms with Crippen LogP contribution in [0.5, 0.6) is 0 Å². The molecule has 0 radical (unpaired) electrons. The van der Waals surface area contributed by atoms with Crippen molar-refractivity contribution in [1.29, 1.82) is 0 Å². The zero-order chi connectivity index (χ0) is 20.9. The molecule has 4 nitrogen and oxygen atoms in total. The maximum atomic E-state index is 12.9. The summed E-state index contributed by atoms with van der Waals surface area (Å²) in [7, 11) is 0. The van der Waals surface area contributed by atoms with Crippen LogP contribution < -0.4 is 0 Å². The fourth-order valence-corrected chi connectivity index (χ4v) is 2.08. The second-order valence-electron chi connectivity index (χ2n) is 5.20. The third-order valence-corrected chi connectivity index (χ3v) is 3.63. The number of hydrogen-bond donors (Lipinski definition) is 2. The number of aromatic nitrogens is 4. The molecule has 4 aromatic heterocycles. The Bertz CT molecular complexity index is 1100. The molecule has 0 spiro atoms. The van der Waals surface area contributed by atoms with E-state index in [-0.39, 0.29) is 17.2 Å². The van der Waals surface area contributed by atoms with Crippen molar-refractivity contribution in [3.63, 3.8) is 0 Å². The predicted octanol–water partition coefficient (Wildman–Crippen LogP) is 4.93. The molecule has 4 heterocycles. The number of nitrogens with zero attached hydrogens (tertiary/aromatic N) is 2. The number of H-pyrrole nitrogens is 2. The van der Waals surface area contributed by atoms with Crippen molar-refractivity contribution in [3.8, 4) is 24.2 Å². The number of halogens is 3. The Hall–Kier alpha value is -3.68. The van der Waals surface area contributed by atoms with Gasteiger partial charge in [-0.3, -0.25) is 0 Å². The normalized spacial score (nSPS) is 8.90. The summed E-state index contributed by atoms with van der Waals surface area (Å²) in [5, 5.41) is 0. The standard InChI is InChI=1S/C11H7FN2.C6H4FN.C5H4BrN/c12-11-8-13-7-9(11)4-5-10-3-1-2-6-14-10;1-2-5-3-8-4-6(5)7;6-5-3-1-2-4-7-5/h1-3,6-8,13H;1,3-4,8H;1-4H. The average molecular weight is 453 g/mol. The van der Waals surface area contributed by atoms with Gasteiger partial charge in [-0.25, -0.2) is 18.7 Å². The van der Waals surface area contributed by atoms with Crippen LogP contribution in [-0.4, -0.2) is 19.9 Å². The lowest BCUT2D eigenvalue weighted by molar-refractivity contribution is 0.626. The van der Waals surface area contributed by atoms with Gasteiger partial charge in [0.1, 0.15) is 10.3 Å². The highest BCUT2D eigenvalue weighted by atomic mass is 79.9. The molecule has 0 aliphatic carbocycles. The van der Waals surface area contributed by atoms with Crippen LogP contribution in [0.2, 0.25) is 0 Å². The molecule has 0 aliphatic heterocycles. The van der Waals surface area contributed by atoms with Gasteiger partial charge >= 0.3 is 0 Å². The van der Waals surface area contributed by atoms with Crippen LogP contribution in [0, 0.1) is 35.8 Å². The zero-order valence-corrected chi connectivity index (χ0v) is 16.6. The first-order valence-electron chi connectivity index (χ1n) is 8.21.